The molecule has 2 N–H and O–H groups in total. The van der Waals surface area contributed by atoms with Crippen LogP contribution in [0.5, 0.6) is 0 Å². The molecule has 112 valence electrons. The van der Waals surface area contributed by atoms with E-state index in [4.69, 9.17) is 28.3 Å². The fourth-order valence-electron chi connectivity index (χ4n) is 1.86. The smallest absolute Gasteiger partial charge is 0.262 e. The van der Waals surface area contributed by atoms with Crippen LogP contribution in [0.2, 0.25) is 10.0 Å². The average Bonchev–Trinajstić information content (AvgIpc) is 2.37. The Morgan fingerprint density at radius 2 is 1.71 bits per heavy atom. The lowest BCUT2D eigenvalue weighted by molar-refractivity contribution is 0.281. The summed E-state index contributed by atoms with van der Waals surface area (Å²) in [4.78, 5) is 0.102. The quantitative estimate of drug-likeness (QED) is 0.889. The van der Waals surface area contributed by atoms with Gasteiger partial charge in [0.1, 0.15) is 0 Å². The summed E-state index contributed by atoms with van der Waals surface area (Å²) in [6.07, 6.45) is 0. The van der Waals surface area contributed by atoms with Gasteiger partial charge >= 0.3 is 0 Å². The van der Waals surface area contributed by atoms with Crippen molar-refractivity contribution in [3.63, 3.8) is 0 Å². The van der Waals surface area contributed by atoms with Crippen LogP contribution in [0.1, 0.15) is 11.1 Å². The summed E-state index contributed by atoms with van der Waals surface area (Å²) in [6.45, 7) is 1.45. The van der Waals surface area contributed by atoms with Gasteiger partial charge in [-0.1, -0.05) is 35.3 Å². The van der Waals surface area contributed by atoms with E-state index in [-0.39, 0.29) is 17.2 Å². The van der Waals surface area contributed by atoms with Gasteiger partial charge < -0.3 is 5.11 Å². The third-order valence-electron chi connectivity index (χ3n) is 2.84. The molecule has 21 heavy (non-hydrogen) atoms. The van der Waals surface area contributed by atoms with Crippen LogP contribution in [0, 0.1) is 6.92 Å². The molecule has 0 aromatic heterocycles. The summed E-state index contributed by atoms with van der Waals surface area (Å²) in [5.41, 5.74) is 1.37. The number of aliphatic hydroxyl groups excluding tert-OH is 1. The second-order valence-electron chi connectivity index (χ2n) is 4.52. The van der Waals surface area contributed by atoms with Crippen molar-refractivity contribution in [1.29, 1.82) is 0 Å². The molecular formula is C14H13Cl2NO3S. The molecule has 0 saturated carbocycles. The number of aryl methyl sites for hydroxylation is 1. The Morgan fingerprint density at radius 1 is 1.10 bits per heavy atom. The van der Waals surface area contributed by atoms with Crippen LogP contribution >= 0.6 is 23.2 Å². The Bertz CT molecular complexity index is 756. The fourth-order valence-corrected chi connectivity index (χ4v) is 3.72. The monoisotopic (exact) mass is 345 g/mol. The molecule has 0 unspecified atom stereocenters. The number of hydrogen-bond donors (Lipinski definition) is 2. The highest BCUT2D eigenvalue weighted by Gasteiger charge is 2.18. The molecule has 2 rings (SSSR count). The first-order valence-corrected chi connectivity index (χ1v) is 8.25. The maximum Gasteiger partial charge on any atom is 0.262 e. The Balaban J connectivity index is 2.42. The Labute approximate surface area is 133 Å². The van der Waals surface area contributed by atoms with Crippen LogP contribution in [0.3, 0.4) is 0 Å². The molecule has 0 atom stereocenters. The first kappa shape index (κ1) is 16.1. The lowest BCUT2D eigenvalue weighted by Gasteiger charge is -2.12. The Hall–Kier alpha value is -1.27. The maximum absolute atomic E-state index is 12.4. The number of anilines is 1. The van der Waals surface area contributed by atoms with Crippen molar-refractivity contribution < 1.29 is 13.5 Å². The lowest BCUT2D eigenvalue weighted by atomic mass is 10.2. The second-order valence-corrected chi connectivity index (χ2v) is 7.05. The molecule has 4 nitrogen and oxygen atoms in total. The predicted molar refractivity (Wildman–Crippen MR) is 84.4 cm³/mol. The number of hydrogen-bond acceptors (Lipinski definition) is 3. The summed E-state index contributed by atoms with van der Waals surface area (Å²) in [7, 11) is -3.79. The number of sulfonamides is 1. The van der Waals surface area contributed by atoms with Crippen molar-refractivity contribution in [2.45, 2.75) is 18.4 Å². The number of nitrogens with one attached hydrogen (secondary N) is 1. The number of aliphatic hydroxyl groups is 1. The van der Waals surface area contributed by atoms with Gasteiger partial charge in [0, 0.05) is 10.0 Å². The lowest BCUT2D eigenvalue weighted by Crippen LogP contribution is -2.14. The van der Waals surface area contributed by atoms with Crippen LogP contribution in [-0.2, 0) is 16.6 Å². The normalized spacial score (nSPS) is 11.4. The van der Waals surface area contributed by atoms with E-state index in [0.29, 0.717) is 21.2 Å². The summed E-state index contributed by atoms with van der Waals surface area (Å²) in [5, 5.41) is 9.80. The summed E-state index contributed by atoms with van der Waals surface area (Å²) in [5.74, 6) is 0. The molecular weight excluding hydrogens is 333 g/mol. The number of benzene rings is 2. The molecule has 0 aliphatic rings. The van der Waals surface area contributed by atoms with Crippen molar-refractivity contribution in [2.75, 3.05) is 4.72 Å². The third-order valence-corrected chi connectivity index (χ3v) is 4.80. The highest BCUT2D eigenvalue weighted by Crippen LogP contribution is 2.26. The average molecular weight is 346 g/mol. The molecule has 0 bridgehead atoms. The summed E-state index contributed by atoms with van der Waals surface area (Å²) in [6, 6.07) is 9.20. The standard InChI is InChI=1S/C14H13Cl2NO3S/c1-9-2-3-10(8-18)4-14(9)21(19,20)17-13-6-11(15)5-12(16)7-13/h2-7,17-18H,8H2,1H3. The molecule has 0 radical (unpaired) electrons. The minimum Gasteiger partial charge on any atom is -0.392 e. The number of halogens is 2. The maximum atomic E-state index is 12.4. The van der Waals surface area contributed by atoms with Crippen molar-refractivity contribution in [3.05, 3.63) is 57.6 Å². The largest absolute Gasteiger partial charge is 0.392 e. The van der Waals surface area contributed by atoms with E-state index >= 15 is 0 Å². The minimum atomic E-state index is -3.79. The van der Waals surface area contributed by atoms with E-state index in [1.165, 1.54) is 24.3 Å². The zero-order chi connectivity index (χ0) is 15.6. The second kappa shape index (κ2) is 6.23. The van der Waals surface area contributed by atoms with Crippen LogP contribution in [0.25, 0.3) is 0 Å². The van der Waals surface area contributed by atoms with Crippen molar-refractivity contribution >= 4 is 38.9 Å². The fraction of sp³-hybridized carbons (Fsp3) is 0.143. The molecule has 0 fully saturated rings. The Morgan fingerprint density at radius 3 is 2.29 bits per heavy atom. The van der Waals surface area contributed by atoms with E-state index in [1.54, 1.807) is 19.1 Å². The molecule has 2 aromatic rings. The topological polar surface area (TPSA) is 66.4 Å². The highest BCUT2D eigenvalue weighted by atomic mass is 35.5. The molecule has 2 aromatic carbocycles. The zero-order valence-electron chi connectivity index (χ0n) is 11.1. The van der Waals surface area contributed by atoms with Gasteiger partial charge in [0.05, 0.1) is 17.2 Å². The third kappa shape index (κ3) is 3.89. The molecule has 0 aliphatic carbocycles. The van der Waals surface area contributed by atoms with E-state index in [2.05, 4.69) is 4.72 Å². The van der Waals surface area contributed by atoms with E-state index in [1.807, 2.05) is 0 Å². The summed E-state index contributed by atoms with van der Waals surface area (Å²) < 4.78 is 27.3. The zero-order valence-corrected chi connectivity index (χ0v) is 13.4. The molecule has 7 heteroatoms. The van der Waals surface area contributed by atoms with Crippen molar-refractivity contribution in [2.24, 2.45) is 0 Å². The van der Waals surface area contributed by atoms with E-state index in [9.17, 15) is 8.42 Å². The number of rotatable bonds is 4. The Kier molecular flexibility index (Phi) is 4.78. The van der Waals surface area contributed by atoms with Gasteiger partial charge in [0.2, 0.25) is 0 Å². The van der Waals surface area contributed by atoms with Crippen LogP contribution in [0.4, 0.5) is 5.69 Å². The molecule has 0 heterocycles. The van der Waals surface area contributed by atoms with Gasteiger partial charge in [-0.15, -0.1) is 0 Å². The van der Waals surface area contributed by atoms with Gasteiger partial charge in [-0.2, -0.15) is 0 Å². The molecule has 0 aliphatic heterocycles. The molecule has 0 amide bonds. The van der Waals surface area contributed by atoms with Gasteiger partial charge in [-0.3, -0.25) is 4.72 Å². The SMILES string of the molecule is Cc1ccc(CO)cc1S(=O)(=O)Nc1cc(Cl)cc(Cl)c1. The van der Waals surface area contributed by atoms with E-state index in [0.717, 1.165) is 0 Å². The van der Waals surface area contributed by atoms with Gasteiger partial charge in [-0.05, 0) is 42.3 Å². The van der Waals surface area contributed by atoms with Crippen molar-refractivity contribution in [3.8, 4) is 0 Å². The van der Waals surface area contributed by atoms with Crippen molar-refractivity contribution in [1.82, 2.24) is 0 Å². The summed E-state index contributed by atoms with van der Waals surface area (Å²) >= 11 is 11.7. The van der Waals surface area contributed by atoms with Gasteiger partial charge in [0.25, 0.3) is 10.0 Å². The van der Waals surface area contributed by atoms with Gasteiger partial charge in [-0.25, -0.2) is 8.42 Å². The van der Waals surface area contributed by atoms with Crippen LogP contribution in [0.15, 0.2) is 41.3 Å². The van der Waals surface area contributed by atoms with Gasteiger partial charge in [0.15, 0.2) is 0 Å². The van der Waals surface area contributed by atoms with Crippen LogP contribution in [-0.4, -0.2) is 13.5 Å². The molecule has 0 saturated heterocycles. The highest BCUT2D eigenvalue weighted by molar-refractivity contribution is 7.92. The minimum absolute atomic E-state index is 0.102. The van der Waals surface area contributed by atoms with Crippen LogP contribution < -0.4 is 4.72 Å². The first-order valence-electron chi connectivity index (χ1n) is 6.01. The molecule has 0 spiro atoms. The predicted octanol–water partition coefficient (Wildman–Crippen LogP) is 3.59. The van der Waals surface area contributed by atoms with E-state index < -0.39 is 10.0 Å². The first-order chi connectivity index (χ1) is 9.81.